The largest absolute Gasteiger partial charge is 0.373 e. The molecule has 1 saturated heterocycles. The molecule has 4 heteroatoms. The van der Waals surface area contributed by atoms with E-state index in [0.717, 1.165) is 12.4 Å². The summed E-state index contributed by atoms with van der Waals surface area (Å²) in [6, 6.07) is 4.40. The van der Waals surface area contributed by atoms with Gasteiger partial charge in [-0.15, -0.1) is 11.6 Å². The molecular formula is C12H17ClN2O. The summed E-state index contributed by atoms with van der Waals surface area (Å²) >= 11 is 5.85. The third-order valence-corrected chi connectivity index (χ3v) is 3.28. The summed E-state index contributed by atoms with van der Waals surface area (Å²) in [4.78, 5) is 6.73. The Kier molecular flexibility index (Phi) is 3.66. The van der Waals surface area contributed by atoms with Gasteiger partial charge in [0.15, 0.2) is 0 Å². The van der Waals surface area contributed by atoms with Crippen LogP contribution in [-0.4, -0.2) is 36.2 Å². The van der Waals surface area contributed by atoms with Crippen LogP contribution < -0.4 is 4.90 Å². The Balaban J connectivity index is 2.21. The van der Waals surface area contributed by atoms with Crippen molar-refractivity contribution in [2.75, 3.05) is 23.9 Å². The number of alkyl halides is 1. The van der Waals surface area contributed by atoms with Crippen LogP contribution in [0.4, 0.5) is 5.82 Å². The SMILES string of the molecule is Cc1cccnc1N1CC(CCl)OCC1C. The predicted molar refractivity (Wildman–Crippen MR) is 66.2 cm³/mol. The summed E-state index contributed by atoms with van der Waals surface area (Å²) in [7, 11) is 0. The molecule has 1 fully saturated rings. The van der Waals surface area contributed by atoms with Gasteiger partial charge in [0, 0.05) is 12.7 Å². The van der Waals surface area contributed by atoms with Crippen molar-refractivity contribution in [3.63, 3.8) is 0 Å². The van der Waals surface area contributed by atoms with Gasteiger partial charge >= 0.3 is 0 Å². The van der Waals surface area contributed by atoms with Crippen LogP contribution >= 0.6 is 11.6 Å². The second-order valence-electron chi connectivity index (χ2n) is 4.25. The molecule has 0 aliphatic carbocycles. The van der Waals surface area contributed by atoms with E-state index in [0.29, 0.717) is 18.5 Å². The molecule has 1 aliphatic rings. The van der Waals surface area contributed by atoms with Crippen LogP contribution in [0, 0.1) is 6.92 Å². The first kappa shape index (κ1) is 11.7. The highest BCUT2D eigenvalue weighted by Crippen LogP contribution is 2.22. The van der Waals surface area contributed by atoms with Crippen LogP contribution in [-0.2, 0) is 4.74 Å². The molecule has 0 radical (unpaired) electrons. The lowest BCUT2D eigenvalue weighted by Gasteiger charge is -2.38. The molecule has 0 aromatic carbocycles. The highest BCUT2D eigenvalue weighted by atomic mass is 35.5. The van der Waals surface area contributed by atoms with Crippen molar-refractivity contribution >= 4 is 17.4 Å². The summed E-state index contributed by atoms with van der Waals surface area (Å²) in [6.07, 6.45) is 1.94. The summed E-state index contributed by atoms with van der Waals surface area (Å²) in [6.45, 7) is 5.77. The van der Waals surface area contributed by atoms with Crippen molar-refractivity contribution in [1.82, 2.24) is 4.98 Å². The summed E-state index contributed by atoms with van der Waals surface area (Å²) < 4.78 is 5.63. The summed E-state index contributed by atoms with van der Waals surface area (Å²) in [5.74, 6) is 1.59. The van der Waals surface area contributed by atoms with E-state index in [9.17, 15) is 0 Å². The van der Waals surface area contributed by atoms with E-state index < -0.39 is 0 Å². The van der Waals surface area contributed by atoms with Crippen LogP contribution in [0.3, 0.4) is 0 Å². The van der Waals surface area contributed by atoms with Gasteiger partial charge in [0.2, 0.25) is 0 Å². The average molecular weight is 241 g/mol. The predicted octanol–water partition coefficient (Wildman–Crippen LogP) is 2.22. The van der Waals surface area contributed by atoms with E-state index in [4.69, 9.17) is 16.3 Å². The minimum Gasteiger partial charge on any atom is -0.373 e. The fourth-order valence-corrected chi connectivity index (χ4v) is 2.17. The topological polar surface area (TPSA) is 25.4 Å². The van der Waals surface area contributed by atoms with Crippen molar-refractivity contribution < 1.29 is 4.74 Å². The number of ether oxygens (including phenoxy) is 1. The molecule has 0 saturated carbocycles. The minimum atomic E-state index is 0.110. The molecule has 1 aliphatic heterocycles. The first-order chi connectivity index (χ1) is 7.72. The van der Waals surface area contributed by atoms with Crippen molar-refractivity contribution in [3.05, 3.63) is 23.9 Å². The Morgan fingerprint density at radius 2 is 2.44 bits per heavy atom. The number of aryl methyl sites for hydroxylation is 1. The Hall–Kier alpha value is -0.800. The van der Waals surface area contributed by atoms with Crippen LogP contribution in [0.5, 0.6) is 0 Å². The van der Waals surface area contributed by atoms with Crippen LogP contribution in [0.15, 0.2) is 18.3 Å². The molecule has 2 rings (SSSR count). The molecule has 2 atom stereocenters. The lowest BCUT2D eigenvalue weighted by molar-refractivity contribution is 0.0361. The molecule has 16 heavy (non-hydrogen) atoms. The molecule has 1 aromatic rings. The van der Waals surface area contributed by atoms with Gasteiger partial charge in [-0.1, -0.05) is 6.07 Å². The van der Waals surface area contributed by atoms with Gasteiger partial charge in [-0.05, 0) is 25.5 Å². The van der Waals surface area contributed by atoms with Crippen molar-refractivity contribution in [1.29, 1.82) is 0 Å². The third-order valence-electron chi connectivity index (χ3n) is 2.93. The van der Waals surface area contributed by atoms with Crippen LogP contribution in [0.1, 0.15) is 12.5 Å². The van der Waals surface area contributed by atoms with E-state index in [2.05, 4.69) is 29.8 Å². The first-order valence-electron chi connectivity index (χ1n) is 5.58. The number of aromatic nitrogens is 1. The lowest BCUT2D eigenvalue weighted by atomic mass is 10.1. The quantitative estimate of drug-likeness (QED) is 0.742. The number of hydrogen-bond acceptors (Lipinski definition) is 3. The van der Waals surface area contributed by atoms with E-state index >= 15 is 0 Å². The Morgan fingerprint density at radius 3 is 3.12 bits per heavy atom. The number of halogens is 1. The maximum atomic E-state index is 5.85. The van der Waals surface area contributed by atoms with Gasteiger partial charge < -0.3 is 9.64 Å². The molecule has 0 bridgehead atoms. The molecule has 3 nitrogen and oxygen atoms in total. The third kappa shape index (κ3) is 2.30. The molecular weight excluding hydrogens is 224 g/mol. The zero-order valence-corrected chi connectivity index (χ0v) is 10.4. The van der Waals surface area contributed by atoms with E-state index in [1.54, 1.807) is 0 Å². The van der Waals surface area contributed by atoms with Gasteiger partial charge in [-0.25, -0.2) is 4.98 Å². The zero-order valence-electron chi connectivity index (χ0n) is 9.69. The van der Waals surface area contributed by atoms with Gasteiger partial charge in [0.25, 0.3) is 0 Å². The lowest BCUT2D eigenvalue weighted by Crippen LogP contribution is -2.49. The highest BCUT2D eigenvalue weighted by Gasteiger charge is 2.27. The minimum absolute atomic E-state index is 0.110. The number of pyridine rings is 1. The second kappa shape index (κ2) is 5.02. The molecule has 88 valence electrons. The number of hydrogen-bond donors (Lipinski definition) is 0. The van der Waals surface area contributed by atoms with Crippen LogP contribution in [0.25, 0.3) is 0 Å². The number of nitrogens with zero attached hydrogens (tertiary/aromatic N) is 2. The maximum absolute atomic E-state index is 5.85. The molecule has 1 aromatic heterocycles. The smallest absolute Gasteiger partial charge is 0.131 e. The fourth-order valence-electron chi connectivity index (χ4n) is 1.98. The Labute approximate surface area is 101 Å². The van der Waals surface area contributed by atoms with Crippen molar-refractivity contribution in [2.45, 2.75) is 26.0 Å². The van der Waals surface area contributed by atoms with Gasteiger partial charge in [0.05, 0.1) is 24.6 Å². The van der Waals surface area contributed by atoms with Crippen LogP contribution in [0.2, 0.25) is 0 Å². The van der Waals surface area contributed by atoms with E-state index in [-0.39, 0.29) is 6.10 Å². The normalized spacial score (nSPS) is 25.8. The average Bonchev–Trinajstić information content (AvgIpc) is 2.31. The summed E-state index contributed by atoms with van der Waals surface area (Å²) in [5, 5.41) is 0. The Morgan fingerprint density at radius 1 is 1.62 bits per heavy atom. The Bertz CT molecular complexity index is 359. The van der Waals surface area contributed by atoms with Crippen molar-refractivity contribution in [2.24, 2.45) is 0 Å². The monoisotopic (exact) mass is 240 g/mol. The number of anilines is 1. The van der Waals surface area contributed by atoms with Gasteiger partial charge in [0.1, 0.15) is 5.82 Å². The maximum Gasteiger partial charge on any atom is 0.131 e. The summed E-state index contributed by atoms with van der Waals surface area (Å²) in [5.41, 5.74) is 1.20. The molecule has 0 amide bonds. The molecule has 2 heterocycles. The zero-order chi connectivity index (χ0) is 11.5. The standard InChI is InChI=1S/C12H17ClN2O/c1-9-4-3-5-14-12(9)15-7-11(6-13)16-8-10(15)2/h3-5,10-11H,6-8H2,1-2H3. The molecule has 0 spiro atoms. The van der Waals surface area contributed by atoms with E-state index in [1.165, 1.54) is 5.56 Å². The molecule has 2 unspecified atom stereocenters. The first-order valence-corrected chi connectivity index (χ1v) is 6.11. The molecule has 0 N–H and O–H groups in total. The van der Waals surface area contributed by atoms with Gasteiger partial charge in [-0.3, -0.25) is 0 Å². The van der Waals surface area contributed by atoms with E-state index in [1.807, 2.05) is 12.3 Å². The second-order valence-corrected chi connectivity index (χ2v) is 4.56. The number of morpholine rings is 1. The number of rotatable bonds is 2. The van der Waals surface area contributed by atoms with Crippen molar-refractivity contribution in [3.8, 4) is 0 Å². The van der Waals surface area contributed by atoms with Gasteiger partial charge in [-0.2, -0.15) is 0 Å². The highest BCUT2D eigenvalue weighted by molar-refractivity contribution is 6.18. The fraction of sp³-hybridized carbons (Fsp3) is 0.583.